The quantitative estimate of drug-likeness (QED) is 0.927. The number of carbonyl (C=O) groups excluding carboxylic acids is 2. The molecule has 2 amide bonds. The molecule has 0 aromatic heterocycles. The van der Waals surface area contributed by atoms with Crippen molar-refractivity contribution in [1.82, 2.24) is 5.32 Å². The van der Waals surface area contributed by atoms with E-state index in [4.69, 9.17) is 0 Å². The van der Waals surface area contributed by atoms with Crippen molar-refractivity contribution in [2.24, 2.45) is 5.92 Å². The number of amides is 2. The Labute approximate surface area is 121 Å². The lowest BCUT2D eigenvalue weighted by molar-refractivity contribution is -0.126. The molecule has 1 N–H and O–H groups in total. The van der Waals surface area contributed by atoms with Crippen molar-refractivity contribution in [3.63, 3.8) is 0 Å². The van der Waals surface area contributed by atoms with Crippen LogP contribution in [0, 0.1) is 5.92 Å². The van der Waals surface area contributed by atoms with Gasteiger partial charge in [-0.25, -0.2) is 0 Å². The molecule has 0 saturated carbocycles. The van der Waals surface area contributed by atoms with Crippen LogP contribution < -0.4 is 10.2 Å². The number of nitrogens with zero attached hydrogens (tertiary/aromatic N) is 1. The number of halogens is 1. The van der Waals surface area contributed by atoms with Crippen molar-refractivity contribution in [2.75, 3.05) is 11.4 Å². The molecule has 0 unspecified atom stereocenters. The summed E-state index contributed by atoms with van der Waals surface area (Å²) in [6.45, 7) is 4.29. The summed E-state index contributed by atoms with van der Waals surface area (Å²) in [4.78, 5) is 25.6. The first kappa shape index (κ1) is 14.1. The fourth-order valence-electron chi connectivity index (χ4n) is 2.16. The molecule has 4 nitrogen and oxygen atoms in total. The van der Waals surface area contributed by atoms with Gasteiger partial charge in [-0.1, -0.05) is 15.9 Å². The third kappa shape index (κ3) is 3.35. The highest BCUT2D eigenvalue weighted by atomic mass is 79.9. The van der Waals surface area contributed by atoms with Crippen molar-refractivity contribution in [2.45, 2.75) is 26.3 Å². The third-order valence-electron chi connectivity index (χ3n) is 3.07. The number of benzene rings is 1. The van der Waals surface area contributed by atoms with Crippen LogP contribution in [-0.2, 0) is 9.59 Å². The van der Waals surface area contributed by atoms with E-state index in [1.54, 1.807) is 4.90 Å². The Morgan fingerprint density at radius 2 is 2.00 bits per heavy atom. The fourth-order valence-corrected chi connectivity index (χ4v) is 2.42. The van der Waals surface area contributed by atoms with Gasteiger partial charge in [-0.05, 0) is 38.1 Å². The van der Waals surface area contributed by atoms with Gasteiger partial charge in [-0.3, -0.25) is 9.59 Å². The molecule has 19 heavy (non-hydrogen) atoms. The number of rotatable bonds is 3. The molecule has 1 atom stereocenters. The minimum absolute atomic E-state index is 0.00577. The number of carbonyl (C=O) groups is 2. The first-order valence-electron chi connectivity index (χ1n) is 6.33. The van der Waals surface area contributed by atoms with Gasteiger partial charge in [0.25, 0.3) is 0 Å². The van der Waals surface area contributed by atoms with Gasteiger partial charge in [0.05, 0.1) is 5.92 Å². The summed E-state index contributed by atoms with van der Waals surface area (Å²) in [6, 6.07) is 7.65. The minimum Gasteiger partial charge on any atom is -0.354 e. The highest BCUT2D eigenvalue weighted by molar-refractivity contribution is 9.10. The lowest BCUT2D eigenvalue weighted by Gasteiger charge is -2.17. The predicted molar refractivity (Wildman–Crippen MR) is 77.9 cm³/mol. The number of hydrogen-bond donors (Lipinski definition) is 1. The average Bonchev–Trinajstić information content (AvgIpc) is 2.72. The Balaban J connectivity index is 2.07. The van der Waals surface area contributed by atoms with Crippen LogP contribution in [0.1, 0.15) is 20.3 Å². The van der Waals surface area contributed by atoms with Crippen LogP contribution in [0.15, 0.2) is 28.7 Å². The summed E-state index contributed by atoms with van der Waals surface area (Å²) in [5, 5.41) is 2.86. The topological polar surface area (TPSA) is 49.4 Å². The summed E-state index contributed by atoms with van der Waals surface area (Å²) < 4.78 is 0.969. The first-order chi connectivity index (χ1) is 8.97. The summed E-state index contributed by atoms with van der Waals surface area (Å²) in [7, 11) is 0. The number of hydrogen-bond acceptors (Lipinski definition) is 2. The Kier molecular flexibility index (Phi) is 4.24. The SMILES string of the molecule is CC(C)NC(=O)[C@H]1CC(=O)N(c2ccc(Br)cc2)C1. The van der Waals surface area contributed by atoms with Crippen molar-refractivity contribution in [1.29, 1.82) is 0 Å². The molecular formula is C14H17BrN2O2. The maximum absolute atomic E-state index is 12.0. The van der Waals surface area contributed by atoms with Crippen molar-refractivity contribution in [3.8, 4) is 0 Å². The van der Waals surface area contributed by atoms with Crippen LogP contribution in [0.3, 0.4) is 0 Å². The molecule has 1 aromatic carbocycles. The smallest absolute Gasteiger partial charge is 0.227 e. The van der Waals surface area contributed by atoms with Crippen LogP contribution >= 0.6 is 15.9 Å². The highest BCUT2D eigenvalue weighted by Crippen LogP contribution is 2.26. The van der Waals surface area contributed by atoms with Gasteiger partial charge in [-0.2, -0.15) is 0 Å². The summed E-state index contributed by atoms with van der Waals surface area (Å²) in [5.41, 5.74) is 0.841. The molecular weight excluding hydrogens is 308 g/mol. The second-order valence-electron chi connectivity index (χ2n) is 5.05. The maximum atomic E-state index is 12.0. The summed E-state index contributed by atoms with van der Waals surface area (Å²) >= 11 is 3.36. The molecule has 1 fully saturated rings. The lowest BCUT2D eigenvalue weighted by atomic mass is 10.1. The van der Waals surface area contributed by atoms with Crippen molar-refractivity contribution in [3.05, 3.63) is 28.7 Å². The molecule has 2 rings (SSSR count). The molecule has 1 aliphatic rings. The maximum Gasteiger partial charge on any atom is 0.227 e. The molecule has 1 saturated heterocycles. The van der Waals surface area contributed by atoms with Gasteiger partial charge in [0.2, 0.25) is 11.8 Å². The van der Waals surface area contributed by atoms with E-state index >= 15 is 0 Å². The van der Waals surface area contributed by atoms with Crippen LogP contribution in [0.5, 0.6) is 0 Å². The number of anilines is 1. The molecule has 0 spiro atoms. The molecule has 0 aliphatic carbocycles. The highest BCUT2D eigenvalue weighted by Gasteiger charge is 2.35. The van der Waals surface area contributed by atoms with Crippen LogP contribution in [0.2, 0.25) is 0 Å². The molecule has 102 valence electrons. The third-order valence-corrected chi connectivity index (χ3v) is 3.59. The van der Waals surface area contributed by atoms with Gasteiger partial charge < -0.3 is 10.2 Å². The first-order valence-corrected chi connectivity index (χ1v) is 7.13. The predicted octanol–water partition coefficient (Wildman–Crippen LogP) is 2.33. The molecule has 1 aromatic rings. The molecule has 0 radical (unpaired) electrons. The molecule has 1 aliphatic heterocycles. The molecule has 5 heteroatoms. The van der Waals surface area contributed by atoms with Crippen molar-refractivity contribution >= 4 is 33.4 Å². The second-order valence-corrected chi connectivity index (χ2v) is 5.96. The standard InChI is InChI=1S/C14H17BrN2O2/c1-9(2)16-14(19)10-7-13(18)17(8-10)12-5-3-11(15)4-6-12/h3-6,9-10H,7-8H2,1-2H3,(H,16,19)/t10-/m0/s1. The van der Waals surface area contributed by atoms with E-state index in [1.165, 1.54) is 0 Å². The normalized spacial score (nSPS) is 19.1. The van der Waals surface area contributed by atoms with Gasteiger partial charge >= 0.3 is 0 Å². The van der Waals surface area contributed by atoms with E-state index in [0.717, 1.165) is 10.2 Å². The Hall–Kier alpha value is -1.36. The van der Waals surface area contributed by atoms with Gasteiger partial charge in [0.1, 0.15) is 0 Å². The Morgan fingerprint density at radius 3 is 2.58 bits per heavy atom. The van der Waals surface area contributed by atoms with E-state index in [0.29, 0.717) is 6.54 Å². The van der Waals surface area contributed by atoms with Crippen LogP contribution in [0.25, 0.3) is 0 Å². The summed E-state index contributed by atoms with van der Waals surface area (Å²) in [5.74, 6) is -0.285. The van der Waals surface area contributed by atoms with Gasteiger partial charge in [0.15, 0.2) is 0 Å². The van der Waals surface area contributed by atoms with Crippen molar-refractivity contribution < 1.29 is 9.59 Å². The molecule has 1 heterocycles. The van der Waals surface area contributed by atoms with Crippen LogP contribution in [-0.4, -0.2) is 24.4 Å². The monoisotopic (exact) mass is 324 g/mol. The summed E-state index contributed by atoms with van der Waals surface area (Å²) in [6.07, 6.45) is 0.286. The zero-order valence-electron chi connectivity index (χ0n) is 11.0. The average molecular weight is 325 g/mol. The zero-order valence-corrected chi connectivity index (χ0v) is 12.6. The van der Waals surface area contributed by atoms with Crippen LogP contribution in [0.4, 0.5) is 5.69 Å². The van der Waals surface area contributed by atoms with E-state index in [-0.39, 0.29) is 30.2 Å². The second kappa shape index (κ2) is 5.74. The van der Waals surface area contributed by atoms with Gasteiger partial charge in [-0.15, -0.1) is 0 Å². The Morgan fingerprint density at radius 1 is 1.37 bits per heavy atom. The number of nitrogens with one attached hydrogen (secondary N) is 1. The minimum atomic E-state index is -0.251. The molecule has 0 bridgehead atoms. The van der Waals surface area contributed by atoms with E-state index < -0.39 is 0 Å². The fraction of sp³-hybridized carbons (Fsp3) is 0.429. The van der Waals surface area contributed by atoms with E-state index in [9.17, 15) is 9.59 Å². The van der Waals surface area contributed by atoms with Gasteiger partial charge in [0, 0.05) is 29.2 Å². The Bertz CT molecular complexity index is 485. The zero-order chi connectivity index (χ0) is 14.0. The van der Waals surface area contributed by atoms with E-state index in [2.05, 4.69) is 21.2 Å². The largest absolute Gasteiger partial charge is 0.354 e. The lowest BCUT2D eigenvalue weighted by Crippen LogP contribution is -2.36. The van der Waals surface area contributed by atoms with E-state index in [1.807, 2.05) is 38.1 Å².